The second kappa shape index (κ2) is 9.25. The van der Waals surface area contributed by atoms with E-state index in [4.69, 9.17) is 9.47 Å². The maximum Gasteiger partial charge on any atom is 0.573 e. The number of carbonyl (C=O) groups is 1. The second-order valence-electron chi connectivity index (χ2n) is 8.85. The Hall–Kier alpha value is -2.74. The van der Waals surface area contributed by atoms with Crippen LogP contribution in [0.3, 0.4) is 0 Å². The lowest BCUT2D eigenvalue weighted by Crippen LogP contribution is -2.40. The molecule has 0 bridgehead atoms. The molecule has 1 fully saturated rings. The molecule has 3 atom stereocenters. The fourth-order valence-corrected chi connectivity index (χ4v) is 4.08. The number of aryl methyl sites for hydroxylation is 2. The summed E-state index contributed by atoms with van der Waals surface area (Å²) in [5, 5.41) is 10.8. The van der Waals surface area contributed by atoms with E-state index in [1.165, 1.54) is 18.2 Å². The Bertz CT molecular complexity index is 992. The van der Waals surface area contributed by atoms with Gasteiger partial charge in [0.25, 0.3) is 0 Å². The zero-order valence-electron chi connectivity index (χ0n) is 19.3. The highest BCUT2D eigenvalue weighted by Gasteiger charge is 2.45. The van der Waals surface area contributed by atoms with Crippen LogP contribution in [-0.2, 0) is 9.53 Å². The van der Waals surface area contributed by atoms with Crippen LogP contribution in [0.5, 0.6) is 11.5 Å². The number of esters is 1. The molecule has 0 saturated heterocycles. The maximum atomic E-state index is 12.7. The molecule has 2 aromatic carbocycles. The fourth-order valence-electron chi connectivity index (χ4n) is 4.08. The molecule has 180 valence electrons. The Balaban J connectivity index is 1.78. The van der Waals surface area contributed by atoms with Crippen LogP contribution in [0.2, 0.25) is 0 Å². The van der Waals surface area contributed by atoms with Gasteiger partial charge in [-0.1, -0.05) is 30.3 Å². The third-order valence-corrected chi connectivity index (χ3v) is 5.74. The molecule has 1 aliphatic rings. The van der Waals surface area contributed by atoms with E-state index in [9.17, 15) is 23.1 Å². The first kappa shape index (κ1) is 24.9. The van der Waals surface area contributed by atoms with Gasteiger partial charge in [-0.3, -0.25) is 0 Å². The molecule has 33 heavy (non-hydrogen) atoms. The summed E-state index contributed by atoms with van der Waals surface area (Å²) in [6.45, 7) is 9.01. The molecule has 0 aromatic heterocycles. The molecule has 3 rings (SSSR count). The standard InChI is InChI=1S/C25H29F3O5/c1-6-31-23(30)24(4,5)33-22-14(2)11-16(12-15(22)3)18-13-19(18)21(29)17-9-7-8-10-20(17)32-25(26,27)28/h7-12,18-19,21,29H,6,13H2,1-5H3. The monoisotopic (exact) mass is 466 g/mol. The van der Waals surface area contributed by atoms with E-state index in [-0.39, 0.29) is 29.8 Å². The molecule has 3 unspecified atom stereocenters. The SMILES string of the molecule is CCOC(=O)C(C)(C)Oc1c(C)cc(C2CC2C(O)c2ccccc2OC(F)(F)F)cc1C. The first-order valence-electron chi connectivity index (χ1n) is 10.8. The van der Waals surface area contributed by atoms with Gasteiger partial charge in [0.05, 0.1) is 12.7 Å². The van der Waals surface area contributed by atoms with Crippen molar-refractivity contribution in [2.75, 3.05) is 6.61 Å². The third kappa shape index (κ3) is 5.79. The Kier molecular flexibility index (Phi) is 6.98. The van der Waals surface area contributed by atoms with E-state index in [1.807, 2.05) is 26.0 Å². The number of para-hydroxylation sites is 1. The van der Waals surface area contributed by atoms with Crippen molar-refractivity contribution in [1.82, 2.24) is 0 Å². The second-order valence-corrected chi connectivity index (χ2v) is 8.85. The molecule has 2 aromatic rings. The normalized spacial score (nSPS) is 19.1. The smallest absolute Gasteiger partial charge is 0.476 e. The molecule has 0 heterocycles. The Labute approximate surface area is 191 Å². The van der Waals surface area contributed by atoms with Crippen molar-refractivity contribution in [3.63, 3.8) is 0 Å². The average molecular weight is 466 g/mol. The van der Waals surface area contributed by atoms with Crippen LogP contribution in [0.15, 0.2) is 36.4 Å². The number of ether oxygens (including phenoxy) is 3. The highest BCUT2D eigenvalue weighted by molar-refractivity contribution is 5.79. The van der Waals surface area contributed by atoms with Crippen LogP contribution < -0.4 is 9.47 Å². The summed E-state index contributed by atoms with van der Waals surface area (Å²) in [6, 6.07) is 9.52. The lowest BCUT2D eigenvalue weighted by Gasteiger charge is -2.26. The quantitative estimate of drug-likeness (QED) is 0.501. The minimum atomic E-state index is -4.83. The van der Waals surface area contributed by atoms with Crippen molar-refractivity contribution in [1.29, 1.82) is 0 Å². The van der Waals surface area contributed by atoms with Gasteiger partial charge in [-0.2, -0.15) is 0 Å². The van der Waals surface area contributed by atoms with Crippen LogP contribution in [0.25, 0.3) is 0 Å². The highest BCUT2D eigenvalue weighted by Crippen LogP contribution is 2.56. The van der Waals surface area contributed by atoms with Gasteiger partial charge >= 0.3 is 12.3 Å². The van der Waals surface area contributed by atoms with Crippen LogP contribution in [-0.4, -0.2) is 29.6 Å². The summed E-state index contributed by atoms with van der Waals surface area (Å²) in [5.74, 6) is -0.509. The molecule has 8 heteroatoms. The van der Waals surface area contributed by atoms with E-state index < -0.39 is 24.0 Å². The van der Waals surface area contributed by atoms with Crippen molar-refractivity contribution in [2.24, 2.45) is 5.92 Å². The molecule has 0 spiro atoms. The van der Waals surface area contributed by atoms with Gasteiger partial charge in [-0.25, -0.2) is 4.79 Å². The van der Waals surface area contributed by atoms with Gasteiger partial charge < -0.3 is 19.3 Å². The van der Waals surface area contributed by atoms with Crippen LogP contribution in [0.1, 0.15) is 61.5 Å². The van der Waals surface area contributed by atoms with E-state index >= 15 is 0 Å². The predicted molar refractivity (Wildman–Crippen MR) is 116 cm³/mol. The number of benzene rings is 2. The molecule has 0 amide bonds. The minimum absolute atomic E-state index is 0.0107. The number of alkyl halides is 3. The molecule has 0 aliphatic heterocycles. The first-order valence-corrected chi connectivity index (χ1v) is 10.8. The van der Waals surface area contributed by atoms with Crippen LogP contribution in [0.4, 0.5) is 13.2 Å². The van der Waals surface area contributed by atoms with Gasteiger partial charge in [0.1, 0.15) is 11.5 Å². The molecule has 1 N–H and O–H groups in total. The molecule has 0 radical (unpaired) electrons. The first-order chi connectivity index (χ1) is 15.3. The van der Waals surface area contributed by atoms with Crippen molar-refractivity contribution >= 4 is 5.97 Å². The molecule has 5 nitrogen and oxygen atoms in total. The minimum Gasteiger partial charge on any atom is -0.476 e. The average Bonchev–Trinajstić information content (AvgIpc) is 3.50. The van der Waals surface area contributed by atoms with Gasteiger partial charge in [0.15, 0.2) is 5.60 Å². The molecule has 1 aliphatic carbocycles. The van der Waals surface area contributed by atoms with Crippen LogP contribution >= 0.6 is 0 Å². The number of aliphatic hydroxyl groups is 1. The van der Waals surface area contributed by atoms with Crippen molar-refractivity contribution in [3.05, 3.63) is 58.7 Å². The third-order valence-electron chi connectivity index (χ3n) is 5.74. The fraction of sp³-hybridized carbons (Fsp3) is 0.480. The summed E-state index contributed by atoms with van der Waals surface area (Å²) in [4.78, 5) is 12.2. The number of hydrogen-bond acceptors (Lipinski definition) is 5. The largest absolute Gasteiger partial charge is 0.573 e. The summed E-state index contributed by atoms with van der Waals surface area (Å²) in [6.07, 6.45) is -5.29. The summed E-state index contributed by atoms with van der Waals surface area (Å²) < 4.78 is 53.4. The van der Waals surface area contributed by atoms with Crippen molar-refractivity contribution in [3.8, 4) is 11.5 Å². The highest BCUT2D eigenvalue weighted by atomic mass is 19.4. The zero-order valence-corrected chi connectivity index (χ0v) is 19.3. The van der Waals surface area contributed by atoms with Gasteiger partial charge in [-0.15, -0.1) is 13.2 Å². The Morgan fingerprint density at radius 2 is 1.73 bits per heavy atom. The number of rotatable bonds is 8. The van der Waals surface area contributed by atoms with Crippen molar-refractivity contribution < 1.29 is 37.3 Å². The van der Waals surface area contributed by atoms with Gasteiger partial charge in [0, 0.05) is 5.56 Å². The number of carbonyl (C=O) groups excluding carboxylic acids is 1. The molecule has 1 saturated carbocycles. The topological polar surface area (TPSA) is 65.0 Å². The van der Waals surface area contributed by atoms with Crippen LogP contribution in [0, 0.1) is 19.8 Å². The summed E-state index contributed by atoms with van der Waals surface area (Å²) in [7, 11) is 0. The predicted octanol–water partition coefficient (Wildman–Crippen LogP) is 5.76. The van der Waals surface area contributed by atoms with E-state index in [1.54, 1.807) is 26.8 Å². The lowest BCUT2D eigenvalue weighted by atomic mass is 9.97. The van der Waals surface area contributed by atoms with E-state index in [2.05, 4.69) is 4.74 Å². The van der Waals surface area contributed by atoms with Gasteiger partial charge in [0.2, 0.25) is 0 Å². The van der Waals surface area contributed by atoms with Crippen molar-refractivity contribution in [2.45, 2.75) is 65.0 Å². The Morgan fingerprint density at radius 1 is 1.12 bits per heavy atom. The maximum absolute atomic E-state index is 12.7. The Morgan fingerprint density at radius 3 is 2.30 bits per heavy atom. The summed E-state index contributed by atoms with van der Waals surface area (Å²) >= 11 is 0. The summed E-state index contributed by atoms with van der Waals surface area (Å²) in [5.41, 5.74) is 1.57. The number of aliphatic hydroxyl groups excluding tert-OH is 1. The number of halogens is 3. The zero-order chi connectivity index (χ0) is 24.6. The molecular formula is C25H29F3O5. The number of hydrogen-bond donors (Lipinski definition) is 1. The molecular weight excluding hydrogens is 437 g/mol. The van der Waals surface area contributed by atoms with E-state index in [0.717, 1.165) is 16.7 Å². The van der Waals surface area contributed by atoms with E-state index in [0.29, 0.717) is 12.2 Å². The van der Waals surface area contributed by atoms with Gasteiger partial charge in [-0.05, 0) is 75.6 Å². The lowest BCUT2D eigenvalue weighted by molar-refractivity contribution is -0.275.